The second-order valence-electron chi connectivity index (χ2n) is 5.33. The summed E-state index contributed by atoms with van der Waals surface area (Å²) in [6, 6.07) is 3.90. The van der Waals surface area contributed by atoms with Crippen LogP contribution in [0.5, 0.6) is 0 Å². The number of nitrogens with one attached hydrogen (secondary N) is 2. The maximum atomic E-state index is 11.9. The number of fused-ring (bicyclic) bond motifs is 1. The molecule has 2 aromatic heterocycles. The number of aromatic amines is 1. The number of H-pyrrole nitrogens is 1. The highest BCUT2D eigenvalue weighted by atomic mass is 16.1. The Labute approximate surface area is 122 Å². The van der Waals surface area contributed by atoms with E-state index in [-0.39, 0.29) is 11.1 Å². The van der Waals surface area contributed by atoms with Crippen molar-refractivity contribution in [1.82, 2.24) is 20.2 Å². The number of hydrogen-bond donors (Lipinski definition) is 2. The average Bonchev–Trinajstić information content (AvgIpc) is 2.48. The molecule has 1 saturated heterocycles. The Morgan fingerprint density at radius 3 is 2.90 bits per heavy atom. The maximum absolute atomic E-state index is 11.9. The highest BCUT2D eigenvalue weighted by Crippen LogP contribution is 2.16. The third-order valence-electron chi connectivity index (χ3n) is 3.88. The lowest BCUT2D eigenvalue weighted by Gasteiger charge is -2.27. The zero-order valence-corrected chi connectivity index (χ0v) is 11.9. The molecule has 6 heteroatoms. The Bertz CT molecular complexity index is 768. The molecule has 3 rings (SSSR count). The highest BCUT2D eigenvalue weighted by molar-refractivity contribution is 5.79. The average molecular weight is 283 g/mol. The monoisotopic (exact) mass is 283 g/mol. The van der Waals surface area contributed by atoms with Crippen LogP contribution < -0.4 is 10.9 Å². The van der Waals surface area contributed by atoms with Gasteiger partial charge in [-0.05, 0) is 18.6 Å². The number of aromatic nitrogens is 2. The Kier molecular flexibility index (Phi) is 3.69. The quantitative estimate of drug-likeness (QED) is 0.839. The van der Waals surface area contributed by atoms with Gasteiger partial charge < -0.3 is 10.3 Å². The number of aryl methyl sites for hydroxylation is 1. The third-order valence-corrected chi connectivity index (χ3v) is 3.88. The van der Waals surface area contributed by atoms with Crippen LogP contribution in [-0.2, 0) is 6.54 Å². The second kappa shape index (κ2) is 5.64. The van der Waals surface area contributed by atoms with E-state index >= 15 is 0 Å². The largest absolute Gasteiger partial charge is 0.319 e. The fraction of sp³-hybridized carbons (Fsp3) is 0.400. The van der Waals surface area contributed by atoms with E-state index in [4.69, 9.17) is 5.26 Å². The number of hydrogen-bond acceptors (Lipinski definition) is 5. The van der Waals surface area contributed by atoms with Crippen molar-refractivity contribution in [3.05, 3.63) is 39.3 Å². The minimum Gasteiger partial charge on any atom is -0.319 e. The second-order valence-corrected chi connectivity index (χ2v) is 5.33. The Morgan fingerprint density at radius 1 is 1.43 bits per heavy atom. The van der Waals surface area contributed by atoms with Crippen molar-refractivity contribution >= 4 is 11.0 Å². The minimum atomic E-state index is -0.344. The summed E-state index contributed by atoms with van der Waals surface area (Å²) in [6.07, 6.45) is 1.83. The predicted molar refractivity (Wildman–Crippen MR) is 80.0 cm³/mol. The van der Waals surface area contributed by atoms with Gasteiger partial charge in [-0.1, -0.05) is 0 Å². The van der Waals surface area contributed by atoms with Crippen LogP contribution in [0.3, 0.4) is 0 Å². The van der Waals surface area contributed by atoms with Crippen molar-refractivity contribution in [3.8, 4) is 6.07 Å². The molecule has 0 bridgehead atoms. The SMILES string of the molecule is Cc1c(C#N)c(=O)[nH]c2cc(CN3CCNCC3)cnc12. The van der Waals surface area contributed by atoms with Gasteiger partial charge in [0.1, 0.15) is 11.6 Å². The molecular formula is C15H17N5O. The molecule has 1 aliphatic heterocycles. The summed E-state index contributed by atoms with van der Waals surface area (Å²) in [7, 11) is 0. The number of nitrogens with zero attached hydrogens (tertiary/aromatic N) is 3. The molecule has 6 nitrogen and oxygen atoms in total. The molecule has 2 N–H and O–H groups in total. The molecule has 0 radical (unpaired) electrons. The Hall–Kier alpha value is -2.23. The first-order chi connectivity index (χ1) is 10.2. The lowest BCUT2D eigenvalue weighted by Crippen LogP contribution is -2.42. The van der Waals surface area contributed by atoms with Crippen LogP contribution in [0.1, 0.15) is 16.7 Å². The molecule has 2 aromatic rings. The fourth-order valence-electron chi connectivity index (χ4n) is 2.72. The van der Waals surface area contributed by atoms with E-state index in [9.17, 15) is 4.79 Å². The molecule has 0 aliphatic carbocycles. The molecule has 0 amide bonds. The zero-order chi connectivity index (χ0) is 14.8. The summed E-state index contributed by atoms with van der Waals surface area (Å²) in [6.45, 7) is 6.62. The molecule has 0 spiro atoms. The molecule has 1 fully saturated rings. The van der Waals surface area contributed by atoms with Crippen molar-refractivity contribution in [2.75, 3.05) is 26.2 Å². The van der Waals surface area contributed by atoms with Gasteiger partial charge in [0, 0.05) is 44.5 Å². The van der Waals surface area contributed by atoms with Crippen LogP contribution >= 0.6 is 0 Å². The van der Waals surface area contributed by atoms with Gasteiger partial charge in [-0.15, -0.1) is 0 Å². The highest BCUT2D eigenvalue weighted by Gasteiger charge is 2.13. The van der Waals surface area contributed by atoms with Crippen LogP contribution in [-0.4, -0.2) is 41.0 Å². The molecule has 21 heavy (non-hydrogen) atoms. The van der Waals surface area contributed by atoms with Crippen molar-refractivity contribution < 1.29 is 0 Å². The van der Waals surface area contributed by atoms with Crippen molar-refractivity contribution in [2.45, 2.75) is 13.5 Å². The number of pyridine rings is 2. The molecule has 1 aliphatic rings. The van der Waals surface area contributed by atoms with E-state index < -0.39 is 0 Å². The van der Waals surface area contributed by atoms with Gasteiger partial charge in [-0.3, -0.25) is 14.7 Å². The van der Waals surface area contributed by atoms with E-state index in [1.165, 1.54) is 0 Å². The molecular weight excluding hydrogens is 266 g/mol. The van der Waals surface area contributed by atoms with Crippen LogP contribution in [0.15, 0.2) is 17.1 Å². The smallest absolute Gasteiger partial charge is 0.266 e. The number of piperazine rings is 1. The van der Waals surface area contributed by atoms with Gasteiger partial charge in [0.05, 0.1) is 11.0 Å². The van der Waals surface area contributed by atoms with E-state index in [0.717, 1.165) is 38.3 Å². The molecule has 0 unspecified atom stereocenters. The first kappa shape index (κ1) is 13.7. The summed E-state index contributed by atoms with van der Waals surface area (Å²) < 4.78 is 0. The summed E-state index contributed by atoms with van der Waals surface area (Å²) >= 11 is 0. The summed E-state index contributed by atoms with van der Waals surface area (Å²) in [5.41, 5.74) is 2.90. The summed E-state index contributed by atoms with van der Waals surface area (Å²) in [4.78, 5) is 21.4. The number of rotatable bonds is 2. The summed E-state index contributed by atoms with van der Waals surface area (Å²) in [5.74, 6) is 0. The molecule has 108 valence electrons. The van der Waals surface area contributed by atoms with E-state index in [2.05, 4.69) is 20.2 Å². The predicted octanol–water partition coefficient (Wildman–Crippen LogP) is 0.508. The van der Waals surface area contributed by atoms with Crippen LogP contribution in [0.25, 0.3) is 11.0 Å². The molecule has 0 saturated carbocycles. The van der Waals surface area contributed by atoms with Gasteiger partial charge in [0.15, 0.2) is 0 Å². The Morgan fingerprint density at radius 2 is 2.19 bits per heavy atom. The summed E-state index contributed by atoms with van der Waals surface area (Å²) in [5, 5.41) is 12.3. The standard InChI is InChI=1S/C15H17N5O/c1-10-12(7-16)15(21)19-13-6-11(8-18-14(10)13)9-20-4-2-17-3-5-20/h6,8,17H,2-5,9H2,1H3,(H,19,21). The van der Waals surface area contributed by atoms with Gasteiger partial charge >= 0.3 is 0 Å². The normalized spacial score (nSPS) is 16.0. The van der Waals surface area contributed by atoms with E-state index in [1.54, 1.807) is 6.92 Å². The van der Waals surface area contributed by atoms with Gasteiger partial charge in [0.25, 0.3) is 5.56 Å². The first-order valence-corrected chi connectivity index (χ1v) is 7.03. The van der Waals surface area contributed by atoms with Gasteiger partial charge in [-0.2, -0.15) is 5.26 Å². The number of nitriles is 1. The molecule has 0 atom stereocenters. The van der Waals surface area contributed by atoms with Crippen LogP contribution in [0.2, 0.25) is 0 Å². The fourth-order valence-corrected chi connectivity index (χ4v) is 2.72. The van der Waals surface area contributed by atoms with E-state index in [1.807, 2.05) is 18.3 Å². The van der Waals surface area contributed by atoms with E-state index in [0.29, 0.717) is 16.6 Å². The maximum Gasteiger partial charge on any atom is 0.266 e. The molecule has 0 aromatic carbocycles. The van der Waals surface area contributed by atoms with Gasteiger partial charge in [-0.25, -0.2) is 0 Å². The lowest BCUT2D eigenvalue weighted by molar-refractivity contribution is 0.233. The topological polar surface area (TPSA) is 84.8 Å². The molecule has 3 heterocycles. The van der Waals surface area contributed by atoms with Crippen molar-refractivity contribution in [2.24, 2.45) is 0 Å². The van der Waals surface area contributed by atoms with Gasteiger partial charge in [0.2, 0.25) is 0 Å². The van der Waals surface area contributed by atoms with Crippen molar-refractivity contribution in [1.29, 1.82) is 5.26 Å². The lowest BCUT2D eigenvalue weighted by atomic mass is 10.1. The zero-order valence-electron chi connectivity index (χ0n) is 11.9. The van der Waals surface area contributed by atoms with Crippen LogP contribution in [0.4, 0.5) is 0 Å². The Balaban J connectivity index is 1.97. The minimum absolute atomic E-state index is 0.143. The van der Waals surface area contributed by atoms with Crippen LogP contribution in [0, 0.1) is 18.3 Å². The first-order valence-electron chi connectivity index (χ1n) is 7.03. The third kappa shape index (κ3) is 2.66. The van der Waals surface area contributed by atoms with Crippen molar-refractivity contribution in [3.63, 3.8) is 0 Å².